The lowest BCUT2D eigenvalue weighted by Crippen LogP contribution is -2.32. The van der Waals surface area contributed by atoms with E-state index in [0.29, 0.717) is 18.0 Å². The zero-order valence-corrected chi connectivity index (χ0v) is 13.2. The number of nitrogens with one attached hydrogen (secondary N) is 1. The Morgan fingerprint density at radius 2 is 2.00 bits per heavy atom. The maximum Gasteiger partial charge on any atom is 0.127 e. The van der Waals surface area contributed by atoms with Crippen LogP contribution in [0.5, 0.6) is 5.75 Å². The Labute approximate surface area is 118 Å². The fourth-order valence-corrected chi connectivity index (χ4v) is 2.99. The molecule has 0 aromatic heterocycles. The summed E-state index contributed by atoms with van der Waals surface area (Å²) in [6, 6.07) is 5.27. The maximum absolute atomic E-state index is 5.92. The first kappa shape index (κ1) is 13.9. The molecular weight excluding hydrogens is 290 g/mol. The smallest absolute Gasteiger partial charge is 0.127 e. The molecule has 0 saturated carbocycles. The van der Waals surface area contributed by atoms with Crippen molar-refractivity contribution in [1.82, 2.24) is 5.32 Å². The summed E-state index contributed by atoms with van der Waals surface area (Å²) in [5.41, 5.74) is 2.60. The van der Waals surface area contributed by atoms with Crippen molar-refractivity contribution < 1.29 is 4.74 Å². The molecule has 18 heavy (non-hydrogen) atoms. The van der Waals surface area contributed by atoms with Crippen molar-refractivity contribution in [3.8, 4) is 5.75 Å². The summed E-state index contributed by atoms with van der Waals surface area (Å²) in [4.78, 5) is 0. The van der Waals surface area contributed by atoms with Gasteiger partial charge in [-0.25, -0.2) is 0 Å². The van der Waals surface area contributed by atoms with Crippen molar-refractivity contribution >= 4 is 15.9 Å². The Balaban J connectivity index is 2.43. The number of halogens is 1. The predicted molar refractivity (Wildman–Crippen MR) is 79.4 cm³/mol. The van der Waals surface area contributed by atoms with E-state index < -0.39 is 0 Å². The number of fused-ring (bicyclic) bond motifs is 1. The first-order valence-electron chi connectivity index (χ1n) is 6.71. The lowest BCUT2D eigenvalue weighted by Gasteiger charge is -2.31. The van der Waals surface area contributed by atoms with E-state index in [-0.39, 0.29) is 0 Å². The van der Waals surface area contributed by atoms with Crippen LogP contribution in [0.15, 0.2) is 16.6 Å². The van der Waals surface area contributed by atoms with Crippen LogP contribution in [0.4, 0.5) is 0 Å². The van der Waals surface area contributed by atoms with Crippen LogP contribution >= 0.6 is 15.9 Å². The minimum atomic E-state index is 0.406. The fraction of sp³-hybridized carbons (Fsp3) is 0.600. The Hall–Kier alpha value is -0.540. The Morgan fingerprint density at radius 3 is 2.61 bits per heavy atom. The van der Waals surface area contributed by atoms with E-state index in [9.17, 15) is 0 Å². The molecule has 0 aliphatic carbocycles. The first-order valence-corrected chi connectivity index (χ1v) is 7.50. The van der Waals surface area contributed by atoms with Crippen LogP contribution in [-0.2, 0) is 0 Å². The second-order valence-electron chi connectivity index (χ2n) is 5.58. The summed E-state index contributed by atoms with van der Waals surface area (Å²) < 4.78 is 7.07. The van der Waals surface area contributed by atoms with Gasteiger partial charge in [0.2, 0.25) is 0 Å². The van der Waals surface area contributed by atoms with Gasteiger partial charge in [-0.1, -0.05) is 43.6 Å². The third kappa shape index (κ3) is 2.89. The Morgan fingerprint density at radius 1 is 1.28 bits per heavy atom. The third-order valence-corrected chi connectivity index (χ3v) is 3.75. The van der Waals surface area contributed by atoms with Gasteiger partial charge in [0, 0.05) is 28.5 Å². The predicted octanol–water partition coefficient (Wildman–Crippen LogP) is 4.39. The van der Waals surface area contributed by atoms with Crippen LogP contribution in [-0.4, -0.2) is 12.6 Å². The molecule has 0 saturated heterocycles. The van der Waals surface area contributed by atoms with Crippen LogP contribution in [0.2, 0.25) is 0 Å². The molecule has 2 nitrogen and oxygen atoms in total. The summed E-state index contributed by atoms with van der Waals surface area (Å²) in [7, 11) is 0. The fourth-order valence-electron chi connectivity index (χ4n) is 2.50. The van der Waals surface area contributed by atoms with E-state index in [1.165, 1.54) is 11.1 Å². The minimum Gasteiger partial charge on any atom is -0.493 e. The molecule has 100 valence electrons. The zero-order chi connectivity index (χ0) is 13.3. The molecular formula is C15H22BrNO. The molecule has 0 bridgehead atoms. The third-order valence-electron chi connectivity index (χ3n) is 3.30. The highest BCUT2D eigenvalue weighted by Crippen LogP contribution is 2.40. The van der Waals surface area contributed by atoms with Crippen molar-refractivity contribution in [1.29, 1.82) is 0 Å². The summed E-state index contributed by atoms with van der Waals surface area (Å²) in [5, 5.41) is 3.63. The maximum atomic E-state index is 5.92. The lowest BCUT2D eigenvalue weighted by molar-refractivity contribution is 0.244. The Bertz CT molecular complexity index is 429. The van der Waals surface area contributed by atoms with Gasteiger partial charge in [-0.2, -0.15) is 0 Å². The summed E-state index contributed by atoms with van der Waals surface area (Å²) in [5.74, 6) is 1.58. The monoisotopic (exact) mass is 311 g/mol. The molecule has 1 aliphatic rings. The van der Waals surface area contributed by atoms with E-state index in [4.69, 9.17) is 4.74 Å². The molecule has 1 N–H and O–H groups in total. The molecule has 1 aromatic rings. The molecule has 3 heteroatoms. The molecule has 0 radical (unpaired) electrons. The normalized spacial score (nSPS) is 18.9. The van der Waals surface area contributed by atoms with Crippen LogP contribution in [0.3, 0.4) is 0 Å². The molecule has 1 unspecified atom stereocenters. The molecule has 1 heterocycles. The van der Waals surface area contributed by atoms with Crippen molar-refractivity contribution in [3.05, 3.63) is 27.7 Å². The van der Waals surface area contributed by atoms with Gasteiger partial charge in [0.25, 0.3) is 0 Å². The summed E-state index contributed by atoms with van der Waals surface area (Å²) >= 11 is 3.62. The highest BCUT2D eigenvalue weighted by atomic mass is 79.9. The zero-order valence-electron chi connectivity index (χ0n) is 11.6. The first-order chi connectivity index (χ1) is 8.49. The van der Waals surface area contributed by atoms with Crippen molar-refractivity contribution in [2.45, 2.75) is 52.1 Å². The standard InChI is InChI=1S/C15H22BrNO/c1-9(2)12-7-11(16)8-13-14(17-10(3)4)5-6-18-15(12)13/h7-10,14,17H,5-6H2,1-4H3. The molecule has 1 aromatic carbocycles. The average molecular weight is 312 g/mol. The van der Waals surface area contributed by atoms with Crippen molar-refractivity contribution in [3.63, 3.8) is 0 Å². The van der Waals surface area contributed by atoms with E-state index in [2.05, 4.69) is 61.1 Å². The largest absolute Gasteiger partial charge is 0.493 e. The SMILES string of the molecule is CC(C)NC1CCOc2c(C(C)C)cc(Br)cc21. The van der Waals surface area contributed by atoms with Crippen molar-refractivity contribution in [2.75, 3.05) is 6.61 Å². The van der Waals surface area contributed by atoms with Crippen LogP contribution < -0.4 is 10.1 Å². The summed E-state index contributed by atoms with van der Waals surface area (Å²) in [6.45, 7) is 9.61. The second kappa shape index (κ2) is 5.62. The Kier molecular flexibility index (Phi) is 4.33. The van der Waals surface area contributed by atoms with Gasteiger partial charge in [-0.05, 0) is 23.6 Å². The number of rotatable bonds is 3. The van der Waals surface area contributed by atoms with Gasteiger partial charge in [0.05, 0.1) is 6.61 Å². The minimum absolute atomic E-state index is 0.406. The van der Waals surface area contributed by atoms with E-state index in [1.54, 1.807) is 0 Å². The molecule has 0 spiro atoms. The highest BCUT2D eigenvalue weighted by molar-refractivity contribution is 9.10. The molecule has 1 atom stereocenters. The topological polar surface area (TPSA) is 21.3 Å². The van der Waals surface area contributed by atoms with E-state index in [0.717, 1.165) is 23.2 Å². The number of ether oxygens (including phenoxy) is 1. The number of benzene rings is 1. The molecule has 1 aliphatic heterocycles. The van der Waals surface area contributed by atoms with Gasteiger partial charge >= 0.3 is 0 Å². The van der Waals surface area contributed by atoms with Gasteiger partial charge in [0.1, 0.15) is 5.75 Å². The summed E-state index contributed by atoms with van der Waals surface area (Å²) in [6.07, 6.45) is 1.04. The van der Waals surface area contributed by atoms with Crippen molar-refractivity contribution in [2.24, 2.45) is 0 Å². The van der Waals surface area contributed by atoms with Gasteiger partial charge in [-0.15, -0.1) is 0 Å². The van der Waals surface area contributed by atoms with Crippen LogP contribution in [0.1, 0.15) is 57.2 Å². The molecule has 0 fully saturated rings. The van der Waals surface area contributed by atoms with Gasteiger partial charge in [-0.3, -0.25) is 0 Å². The van der Waals surface area contributed by atoms with E-state index >= 15 is 0 Å². The van der Waals surface area contributed by atoms with Gasteiger partial charge in [0.15, 0.2) is 0 Å². The van der Waals surface area contributed by atoms with Crippen LogP contribution in [0, 0.1) is 0 Å². The molecule has 2 rings (SSSR count). The van der Waals surface area contributed by atoms with Gasteiger partial charge < -0.3 is 10.1 Å². The molecule has 0 amide bonds. The second-order valence-corrected chi connectivity index (χ2v) is 6.49. The highest BCUT2D eigenvalue weighted by Gasteiger charge is 2.25. The number of hydrogen-bond acceptors (Lipinski definition) is 2. The lowest BCUT2D eigenvalue weighted by atomic mass is 9.92. The number of hydrogen-bond donors (Lipinski definition) is 1. The van der Waals surface area contributed by atoms with E-state index in [1.807, 2.05) is 0 Å². The van der Waals surface area contributed by atoms with Crippen LogP contribution in [0.25, 0.3) is 0 Å². The quantitative estimate of drug-likeness (QED) is 0.893. The average Bonchev–Trinajstić information content (AvgIpc) is 2.28.